The molecule has 0 saturated carbocycles. The molecule has 0 spiro atoms. The molecule has 1 rings (SSSR count). The van der Waals surface area contributed by atoms with E-state index in [1.807, 2.05) is 6.07 Å². The van der Waals surface area contributed by atoms with Crippen molar-refractivity contribution in [3.8, 4) is 11.8 Å². The first kappa shape index (κ1) is 8.08. The van der Waals surface area contributed by atoms with Crippen LogP contribution in [0.4, 0.5) is 0 Å². The lowest BCUT2D eigenvalue weighted by Crippen LogP contribution is -1.88. The molecule has 3 N–H and O–H groups in total. The van der Waals surface area contributed by atoms with E-state index in [1.165, 1.54) is 12.3 Å². The molecule has 0 fully saturated rings. The van der Waals surface area contributed by atoms with Crippen LogP contribution in [0, 0.1) is 11.3 Å². The smallest absolute Gasteiger partial charge is 0.142 e. The van der Waals surface area contributed by atoms with Crippen LogP contribution in [0.1, 0.15) is 11.1 Å². The second-order valence-corrected chi connectivity index (χ2v) is 2.13. The molecule has 0 amide bonds. The van der Waals surface area contributed by atoms with Crippen molar-refractivity contribution >= 4 is 6.21 Å². The van der Waals surface area contributed by atoms with Gasteiger partial charge in [0.2, 0.25) is 0 Å². The predicted octanol–water partition coefficient (Wildman–Crippen LogP) is 0.556. The van der Waals surface area contributed by atoms with E-state index in [2.05, 4.69) is 5.10 Å². The number of para-hydroxylation sites is 1. The van der Waals surface area contributed by atoms with Gasteiger partial charge in [0.05, 0.1) is 11.8 Å². The highest BCUT2D eigenvalue weighted by Gasteiger charge is 2.02. The van der Waals surface area contributed by atoms with E-state index >= 15 is 0 Å². The topological polar surface area (TPSA) is 82.4 Å². The van der Waals surface area contributed by atoms with Gasteiger partial charge in [0.1, 0.15) is 11.8 Å². The number of nitriles is 1. The van der Waals surface area contributed by atoms with Crippen LogP contribution >= 0.6 is 0 Å². The molecule has 0 aliphatic rings. The van der Waals surface area contributed by atoms with E-state index in [4.69, 9.17) is 11.1 Å². The van der Waals surface area contributed by atoms with E-state index < -0.39 is 0 Å². The molecule has 4 nitrogen and oxygen atoms in total. The minimum absolute atomic E-state index is 0.0887. The molecule has 60 valence electrons. The number of benzene rings is 1. The number of hydrazone groups is 1. The standard InChI is InChI=1S/C8H7N3O/c9-4-6-2-1-3-7(5-11-10)8(6)12/h1-3,5,12H,10H2. The van der Waals surface area contributed by atoms with Crippen molar-refractivity contribution < 1.29 is 5.11 Å². The van der Waals surface area contributed by atoms with Crippen molar-refractivity contribution in [2.45, 2.75) is 0 Å². The Morgan fingerprint density at radius 1 is 1.58 bits per heavy atom. The first-order chi connectivity index (χ1) is 5.79. The molecule has 12 heavy (non-hydrogen) atoms. The third kappa shape index (κ3) is 1.35. The molecule has 0 aliphatic carbocycles. The Morgan fingerprint density at radius 2 is 2.33 bits per heavy atom. The zero-order valence-corrected chi connectivity index (χ0v) is 6.23. The van der Waals surface area contributed by atoms with Crippen LogP contribution in [0.3, 0.4) is 0 Å². The van der Waals surface area contributed by atoms with E-state index in [0.717, 1.165) is 0 Å². The van der Waals surface area contributed by atoms with Gasteiger partial charge in [-0.3, -0.25) is 0 Å². The molecular weight excluding hydrogens is 154 g/mol. The minimum Gasteiger partial charge on any atom is -0.506 e. The van der Waals surface area contributed by atoms with E-state index in [1.54, 1.807) is 12.1 Å². The van der Waals surface area contributed by atoms with Gasteiger partial charge >= 0.3 is 0 Å². The summed E-state index contributed by atoms with van der Waals surface area (Å²) in [5.41, 5.74) is 0.656. The Balaban J connectivity index is 3.25. The number of rotatable bonds is 1. The van der Waals surface area contributed by atoms with Crippen molar-refractivity contribution in [3.05, 3.63) is 29.3 Å². The van der Waals surface area contributed by atoms with Crippen molar-refractivity contribution in [1.29, 1.82) is 5.26 Å². The Labute approximate surface area is 69.6 Å². The number of nitrogens with two attached hydrogens (primary N) is 1. The zero-order chi connectivity index (χ0) is 8.97. The maximum Gasteiger partial charge on any atom is 0.142 e. The van der Waals surface area contributed by atoms with Gasteiger partial charge in [-0.25, -0.2) is 0 Å². The first-order valence-electron chi connectivity index (χ1n) is 3.25. The lowest BCUT2D eigenvalue weighted by molar-refractivity contribution is 0.472. The molecule has 0 unspecified atom stereocenters. The molecule has 0 saturated heterocycles. The van der Waals surface area contributed by atoms with Gasteiger partial charge in [-0.15, -0.1) is 0 Å². The van der Waals surface area contributed by atoms with Crippen LogP contribution in [-0.2, 0) is 0 Å². The number of nitrogens with zero attached hydrogens (tertiary/aromatic N) is 2. The maximum atomic E-state index is 9.35. The molecule has 4 heteroatoms. The van der Waals surface area contributed by atoms with Crippen LogP contribution < -0.4 is 5.84 Å². The number of hydrogen-bond donors (Lipinski definition) is 2. The van der Waals surface area contributed by atoms with E-state index in [-0.39, 0.29) is 11.3 Å². The van der Waals surface area contributed by atoms with Gasteiger partial charge in [-0.2, -0.15) is 10.4 Å². The number of aromatic hydroxyl groups is 1. The molecule has 1 aromatic carbocycles. The summed E-state index contributed by atoms with van der Waals surface area (Å²) in [4.78, 5) is 0. The average Bonchev–Trinajstić information content (AvgIpc) is 2.09. The molecule has 0 aliphatic heterocycles. The highest BCUT2D eigenvalue weighted by Crippen LogP contribution is 2.19. The lowest BCUT2D eigenvalue weighted by atomic mass is 10.1. The van der Waals surface area contributed by atoms with Crippen LogP contribution in [0.25, 0.3) is 0 Å². The Bertz CT molecular complexity index is 352. The van der Waals surface area contributed by atoms with Gasteiger partial charge < -0.3 is 10.9 Å². The summed E-state index contributed by atoms with van der Waals surface area (Å²) in [6.07, 6.45) is 1.29. The van der Waals surface area contributed by atoms with Crippen molar-refractivity contribution in [1.82, 2.24) is 0 Å². The number of phenols is 1. The fourth-order valence-electron chi connectivity index (χ4n) is 0.836. The molecule has 0 aromatic heterocycles. The maximum absolute atomic E-state index is 9.35. The molecular formula is C8H7N3O. The predicted molar refractivity (Wildman–Crippen MR) is 44.6 cm³/mol. The van der Waals surface area contributed by atoms with E-state index in [0.29, 0.717) is 5.56 Å². The number of hydrogen-bond acceptors (Lipinski definition) is 4. The summed E-state index contributed by atoms with van der Waals surface area (Å²) in [6, 6.07) is 6.62. The molecule has 0 heterocycles. The van der Waals surface area contributed by atoms with Crippen molar-refractivity contribution in [2.75, 3.05) is 0 Å². The fraction of sp³-hybridized carbons (Fsp3) is 0. The van der Waals surface area contributed by atoms with Crippen LogP contribution in [0.15, 0.2) is 23.3 Å². The SMILES string of the molecule is N#Cc1cccc(C=NN)c1O. The highest BCUT2D eigenvalue weighted by molar-refractivity contribution is 5.84. The summed E-state index contributed by atoms with van der Waals surface area (Å²) in [6.45, 7) is 0. The quantitative estimate of drug-likeness (QED) is 0.358. The summed E-state index contributed by atoms with van der Waals surface area (Å²) < 4.78 is 0. The minimum atomic E-state index is -0.0887. The van der Waals surface area contributed by atoms with Gasteiger partial charge in [0.15, 0.2) is 0 Å². The zero-order valence-electron chi connectivity index (χ0n) is 6.23. The van der Waals surface area contributed by atoms with E-state index in [9.17, 15) is 5.11 Å². The Morgan fingerprint density at radius 3 is 2.92 bits per heavy atom. The first-order valence-corrected chi connectivity index (χ1v) is 3.25. The summed E-state index contributed by atoms with van der Waals surface area (Å²) >= 11 is 0. The van der Waals surface area contributed by atoms with Gasteiger partial charge in [-0.1, -0.05) is 6.07 Å². The second kappa shape index (κ2) is 3.39. The van der Waals surface area contributed by atoms with Gasteiger partial charge in [-0.05, 0) is 12.1 Å². The third-order valence-electron chi connectivity index (χ3n) is 1.40. The monoisotopic (exact) mass is 161 g/mol. The molecule has 0 radical (unpaired) electrons. The highest BCUT2D eigenvalue weighted by atomic mass is 16.3. The Kier molecular flexibility index (Phi) is 2.29. The van der Waals surface area contributed by atoms with Gasteiger partial charge in [0, 0.05) is 5.56 Å². The molecule has 0 bridgehead atoms. The lowest BCUT2D eigenvalue weighted by Gasteiger charge is -1.98. The number of phenolic OH excluding ortho intramolecular Hbond substituents is 1. The van der Waals surface area contributed by atoms with Gasteiger partial charge in [0.25, 0.3) is 0 Å². The van der Waals surface area contributed by atoms with Crippen LogP contribution in [0.2, 0.25) is 0 Å². The second-order valence-electron chi connectivity index (χ2n) is 2.13. The van der Waals surface area contributed by atoms with Crippen molar-refractivity contribution in [2.24, 2.45) is 10.9 Å². The summed E-state index contributed by atoms with van der Waals surface area (Å²) in [5.74, 6) is 4.81. The average molecular weight is 161 g/mol. The molecule has 1 aromatic rings. The summed E-state index contributed by atoms with van der Waals surface area (Å²) in [7, 11) is 0. The molecule has 0 atom stereocenters. The third-order valence-corrected chi connectivity index (χ3v) is 1.40. The largest absolute Gasteiger partial charge is 0.506 e. The van der Waals surface area contributed by atoms with Crippen molar-refractivity contribution in [3.63, 3.8) is 0 Å². The van der Waals surface area contributed by atoms with Crippen LogP contribution in [-0.4, -0.2) is 11.3 Å². The Hall–Kier alpha value is -2.02. The summed E-state index contributed by atoms with van der Waals surface area (Å²) in [5, 5.41) is 21.1. The van der Waals surface area contributed by atoms with Crippen LogP contribution in [0.5, 0.6) is 5.75 Å². The normalized spacial score (nSPS) is 9.92. The fourth-order valence-corrected chi connectivity index (χ4v) is 0.836.